The topological polar surface area (TPSA) is 83.1 Å². The lowest BCUT2D eigenvalue weighted by atomic mass is 9.85. The first-order chi connectivity index (χ1) is 27.0. The van der Waals surface area contributed by atoms with Crippen molar-refractivity contribution in [3.05, 3.63) is 119 Å². The van der Waals surface area contributed by atoms with Crippen molar-refractivity contribution in [2.45, 2.75) is 53.0 Å². The van der Waals surface area contributed by atoms with Crippen LogP contribution in [0.1, 0.15) is 69.2 Å². The molecular weight excluding hydrogens is 713 g/mol. The zero-order valence-corrected chi connectivity index (χ0v) is 34.6. The molecule has 4 rings (SSSR count). The molecule has 0 heterocycles. The second-order valence-electron chi connectivity index (χ2n) is 12.7. The van der Waals surface area contributed by atoms with E-state index in [-0.39, 0.29) is 0 Å². The molecule has 0 aliphatic rings. The van der Waals surface area contributed by atoms with Gasteiger partial charge in [-0.15, -0.1) is 0 Å². The van der Waals surface area contributed by atoms with Crippen LogP contribution in [0.25, 0.3) is 11.1 Å². The minimum atomic E-state index is -2.73. The van der Waals surface area contributed by atoms with Gasteiger partial charge in [0.05, 0.1) is 26.4 Å². The van der Waals surface area contributed by atoms with Gasteiger partial charge in [-0.05, 0) is 116 Å². The molecule has 55 heavy (non-hydrogen) atoms. The van der Waals surface area contributed by atoms with Gasteiger partial charge in [0, 0.05) is 40.1 Å². The zero-order chi connectivity index (χ0) is 39.1. The fourth-order valence-electron chi connectivity index (χ4n) is 6.08. The molecule has 298 valence electrons. The Kier molecular flexibility index (Phi) is 19.3. The minimum absolute atomic E-state index is 0.476. The second kappa shape index (κ2) is 24.4. The van der Waals surface area contributed by atoms with Crippen LogP contribution < -0.4 is 18.9 Å². The first kappa shape index (κ1) is 43.6. The first-order valence-corrected chi connectivity index (χ1v) is 21.5. The molecule has 0 atom stereocenters. The summed E-state index contributed by atoms with van der Waals surface area (Å²) in [6.45, 7) is 13.0. The lowest BCUT2D eigenvalue weighted by Crippen LogP contribution is -2.46. The molecule has 0 amide bonds. The molecule has 0 unspecified atom stereocenters. The predicted molar refractivity (Wildman–Crippen MR) is 221 cm³/mol. The Hall–Kier alpha value is -4.16. The molecule has 0 saturated carbocycles. The van der Waals surface area contributed by atoms with Crippen LogP contribution in [0.3, 0.4) is 0 Å². The van der Waals surface area contributed by atoms with Crippen molar-refractivity contribution in [2.75, 3.05) is 73.7 Å². The van der Waals surface area contributed by atoms with Gasteiger partial charge in [0.15, 0.2) is 0 Å². The molecular formula is C45H60O9Si. The lowest BCUT2D eigenvalue weighted by Gasteiger charge is -2.28. The molecule has 0 aliphatic heterocycles. The molecule has 0 saturated heterocycles. The van der Waals surface area contributed by atoms with Crippen LogP contribution in [0.5, 0.6) is 23.0 Å². The Morgan fingerprint density at radius 3 is 1.00 bits per heavy atom. The Morgan fingerprint density at radius 2 is 0.709 bits per heavy atom. The Labute approximate surface area is 329 Å². The van der Waals surface area contributed by atoms with Crippen molar-refractivity contribution >= 4 is 20.0 Å². The highest BCUT2D eigenvalue weighted by Crippen LogP contribution is 2.39. The lowest BCUT2D eigenvalue weighted by molar-refractivity contribution is 0.0696. The summed E-state index contributed by atoms with van der Waals surface area (Å²) in [5.74, 6) is 3.20. The van der Waals surface area contributed by atoms with Gasteiger partial charge in [-0.3, -0.25) is 0 Å². The van der Waals surface area contributed by atoms with Crippen LogP contribution in [-0.4, -0.2) is 82.5 Å². The summed E-state index contributed by atoms with van der Waals surface area (Å²) >= 11 is 0. The van der Waals surface area contributed by atoms with E-state index in [1.165, 1.54) is 0 Å². The molecule has 0 aliphatic carbocycles. The number of rotatable bonds is 27. The zero-order valence-electron chi connectivity index (χ0n) is 33.6. The third-order valence-corrected chi connectivity index (χ3v) is 11.8. The monoisotopic (exact) mass is 772 g/mol. The SMILES string of the molecule is CCCCOc1ccc(C(=C(c2ccc(OCCOC)cc2)c2ccc(OCCOC)cc2)c2ccc(OCCC[Si](OCC)(OCC)OCC)cc2)cc1. The maximum atomic E-state index is 6.25. The maximum Gasteiger partial charge on any atom is 0.501 e. The molecule has 10 heteroatoms. The number of hydrogen-bond acceptors (Lipinski definition) is 9. The van der Waals surface area contributed by atoms with Crippen LogP contribution in [-0.2, 0) is 22.8 Å². The second-order valence-corrected chi connectivity index (χ2v) is 15.4. The average molecular weight is 773 g/mol. The van der Waals surface area contributed by atoms with E-state index in [4.69, 9.17) is 41.7 Å². The van der Waals surface area contributed by atoms with Crippen LogP contribution in [0.4, 0.5) is 0 Å². The van der Waals surface area contributed by atoms with E-state index in [0.717, 1.165) is 75.7 Å². The molecule has 4 aromatic rings. The van der Waals surface area contributed by atoms with E-state index in [0.29, 0.717) is 65.5 Å². The summed E-state index contributed by atoms with van der Waals surface area (Å²) in [5.41, 5.74) is 6.29. The van der Waals surface area contributed by atoms with Crippen molar-refractivity contribution in [1.29, 1.82) is 0 Å². The van der Waals surface area contributed by atoms with E-state index in [2.05, 4.69) is 67.6 Å². The van der Waals surface area contributed by atoms with Gasteiger partial charge in [0.2, 0.25) is 0 Å². The molecule has 0 bridgehead atoms. The van der Waals surface area contributed by atoms with Crippen molar-refractivity contribution in [3.8, 4) is 23.0 Å². The van der Waals surface area contributed by atoms with Crippen LogP contribution in [0.2, 0.25) is 6.04 Å². The molecule has 0 spiro atoms. The highest BCUT2D eigenvalue weighted by molar-refractivity contribution is 6.60. The average Bonchev–Trinajstić information content (AvgIpc) is 3.21. The van der Waals surface area contributed by atoms with E-state index in [1.807, 2.05) is 57.2 Å². The fourth-order valence-corrected chi connectivity index (χ4v) is 8.66. The van der Waals surface area contributed by atoms with Gasteiger partial charge in [-0.1, -0.05) is 61.9 Å². The van der Waals surface area contributed by atoms with Crippen molar-refractivity contribution < 1.29 is 41.7 Å². The van der Waals surface area contributed by atoms with E-state index in [9.17, 15) is 0 Å². The number of ether oxygens (including phenoxy) is 6. The first-order valence-electron chi connectivity index (χ1n) is 19.6. The van der Waals surface area contributed by atoms with E-state index in [1.54, 1.807) is 14.2 Å². The molecule has 4 aromatic carbocycles. The standard InChI is InChI=1S/C45H60O9Si/c1-7-11-29-48-40-21-13-36(14-22-40)44(37-15-23-41(24-16-37)49-30-12-35-55(52-8-2,53-9-3)54-10-4)45(38-17-25-42(26-18-38)50-33-31-46-5)39-19-27-43(28-20-39)51-34-32-47-6/h13-28H,7-12,29-35H2,1-6H3. The summed E-state index contributed by atoms with van der Waals surface area (Å²) in [5, 5.41) is 0. The molecule has 0 radical (unpaired) electrons. The third kappa shape index (κ3) is 13.8. The third-order valence-electron chi connectivity index (χ3n) is 8.69. The summed E-state index contributed by atoms with van der Waals surface area (Å²) in [7, 11) is 0.606. The Morgan fingerprint density at radius 1 is 0.400 bits per heavy atom. The summed E-state index contributed by atoms with van der Waals surface area (Å²) < 4.78 is 52.6. The molecule has 9 nitrogen and oxygen atoms in total. The van der Waals surface area contributed by atoms with Gasteiger partial charge in [-0.2, -0.15) is 0 Å². The van der Waals surface area contributed by atoms with Gasteiger partial charge >= 0.3 is 8.80 Å². The van der Waals surface area contributed by atoms with Gasteiger partial charge in [0.25, 0.3) is 0 Å². The Bertz CT molecular complexity index is 1580. The van der Waals surface area contributed by atoms with E-state index < -0.39 is 8.80 Å². The van der Waals surface area contributed by atoms with Crippen molar-refractivity contribution in [1.82, 2.24) is 0 Å². The van der Waals surface area contributed by atoms with Crippen molar-refractivity contribution in [3.63, 3.8) is 0 Å². The van der Waals surface area contributed by atoms with E-state index >= 15 is 0 Å². The smallest absolute Gasteiger partial charge is 0.494 e. The largest absolute Gasteiger partial charge is 0.501 e. The maximum absolute atomic E-state index is 6.25. The van der Waals surface area contributed by atoms with Gasteiger partial charge in [-0.25, -0.2) is 0 Å². The minimum Gasteiger partial charge on any atom is -0.494 e. The molecule has 0 fully saturated rings. The number of methoxy groups -OCH3 is 2. The highest BCUT2D eigenvalue weighted by atomic mass is 28.4. The van der Waals surface area contributed by atoms with Gasteiger partial charge < -0.3 is 41.7 Å². The Balaban J connectivity index is 1.73. The van der Waals surface area contributed by atoms with Crippen LogP contribution in [0, 0.1) is 0 Å². The summed E-state index contributed by atoms with van der Waals surface area (Å²) in [6, 6.07) is 33.8. The number of unbranched alkanes of at least 4 members (excludes halogenated alkanes) is 1. The van der Waals surface area contributed by atoms with Crippen LogP contribution in [0.15, 0.2) is 97.1 Å². The van der Waals surface area contributed by atoms with Gasteiger partial charge in [0.1, 0.15) is 36.2 Å². The predicted octanol–water partition coefficient (Wildman–Crippen LogP) is 9.74. The number of hydrogen-bond donors (Lipinski definition) is 0. The molecule has 0 aromatic heterocycles. The highest BCUT2D eigenvalue weighted by Gasteiger charge is 2.39. The summed E-state index contributed by atoms with van der Waals surface area (Å²) in [4.78, 5) is 0. The quantitative estimate of drug-likeness (QED) is 0.0334. The normalized spacial score (nSPS) is 11.3. The number of benzene rings is 4. The molecule has 0 N–H and O–H groups in total. The van der Waals surface area contributed by atoms with Crippen LogP contribution >= 0.6 is 0 Å². The fraction of sp³-hybridized carbons (Fsp3) is 0.422. The summed E-state index contributed by atoms with van der Waals surface area (Å²) in [6.07, 6.45) is 2.85. The van der Waals surface area contributed by atoms with Crippen molar-refractivity contribution in [2.24, 2.45) is 0 Å².